The Hall–Kier alpha value is -2.11. The Morgan fingerprint density at radius 2 is 2.05 bits per heavy atom. The lowest BCUT2D eigenvalue weighted by atomic mass is 10.1. The van der Waals surface area contributed by atoms with Crippen LogP contribution in [0.25, 0.3) is 0 Å². The van der Waals surface area contributed by atoms with Crippen molar-refractivity contribution in [1.29, 1.82) is 0 Å². The second-order valence-corrected chi connectivity index (χ2v) is 4.29. The van der Waals surface area contributed by atoms with Gasteiger partial charge >= 0.3 is 0 Å². The highest BCUT2D eigenvalue weighted by Gasteiger charge is 2.20. The number of rotatable bonds is 6. The second-order valence-electron chi connectivity index (χ2n) is 4.29. The van der Waals surface area contributed by atoms with Gasteiger partial charge in [-0.1, -0.05) is 13.3 Å². The smallest absolute Gasteiger partial charge is 0.257 e. The van der Waals surface area contributed by atoms with Gasteiger partial charge in [-0.25, -0.2) is 4.39 Å². The number of nitrogens with zero attached hydrogens (tertiary/aromatic N) is 1. The molecule has 1 aromatic carbocycles. The van der Waals surface area contributed by atoms with E-state index in [0.29, 0.717) is 18.7 Å². The van der Waals surface area contributed by atoms with Crippen molar-refractivity contribution >= 4 is 17.5 Å². The Labute approximate surface area is 111 Å². The molecule has 0 radical (unpaired) electrons. The highest BCUT2D eigenvalue weighted by atomic mass is 19.1. The van der Waals surface area contributed by atoms with Crippen LogP contribution in [0.4, 0.5) is 10.1 Å². The molecule has 19 heavy (non-hydrogen) atoms. The first-order chi connectivity index (χ1) is 8.95. The highest BCUT2D eigenvalue weighted by molar-refractivity contribution is 5.97. The number of amides is 2. The Bertz CT molecular complexity index is 477. The number of benzene rings is 1. The largest absolute Gasteiger partial charge is 0.399 e. The minimum atomic E-state index is -0.662. The molecule has 0 aliphatic rings. The van der Waals surface area contributed by atoms with Gasteiger partial charge in [0.05, 0.1) is 12.1 Å². The van der Waals surface area contributed by atoms with Crippen LogP contribution in [0.2, 0.25) is 0 Å². The molecule has 0 unspecified atom stereocenters. The zero-order valence-electron chi connectivity index (χ0n) is 10.9. The minimum Gasteiger partial charge on any atom is -0.399 e. The molecule has 2 amide bonds. The number of nitrogen functional groups attached to an aromatic ring is 1. The first-order valence-corrected chi connectivity index (χ1v) is 6.08. The number of anilines is 1. The van der Waals surface area contributed by atoms with Gasteiger partial charge in [0.15, 0.2) is 0 Å². The molecule has 104 valence electrons. The normalized spacial score (nSPS) is 10.2. The monoisotopic (exact) mass is 267 g/mol. The predicted molar refractivity (Wildman–Crippen MR) is 70.8 cm³/mol. The van der Waals surface area contributed by atoms with Gasteiger partial charge in [0, 0.05) is 12.2 Å². The first kappa shape index (κ1) is 14.9. The maximum Gasteiger partial charge on any atom is 0.257 e. The topological polar surface area (TPSA) is 89.4 Å². The van der Waals surface area contributed by atoms with Crippen LogP contribution in [0.1, 0.15) is 30.1 Å². The number of carbonyl (C=O) groups excluding carboxylic acids is 2. The summed E-state index contributed by atoms with van der Waals surface area (Å²) in [5.74, 6) is -1.86. The highest BCUT2D eigenvalue weighted by Crippen LogP contribution is 2.15. The van der Waals surface area contributed by atoms with Gasteiger partial charge in [0.2, 0.25) is 5.91 Å². The predicted octanol–water partition coefficient (Wildman–Crippen LogP) is 1.14. The summed E-state index contributed by atoms with van der Waals surface area (Å²) in [4.78, 5) is 24.4. The Balaban J connectivity index is 2.97. The Kier molecular flexibility index (Phi) is 5.29. The molecule has 1 aromatic rings. The van der Waals surface area contributed by atoms with Crippen LogP contribution in [-0.2, 0) is 4.79 Å². The van der Waals surface area contributed by atoms with Crippen LogP contribution < -0.4 is 11.5 Å². The molecular weight excluding hydrogens is 249 g/mol. The van der Waals surface area contributed by atoms with Crippen molar-refractivity contribution in [2.45, 2.75) is 19.8 Å². The summed E-state index contributed by atoms with van der Waals surface area (Å²) in [5.41, 5.74) is 10.8. The molecule has 6 heteroatoms. The molecule has 0 aliphatic heterocycles. The van der Waals surface area contributed by atoms with Crippen LogP contribution >= 0.6 is 0 Å². The summed E-state index contributed by atoms with van der Waals surface area (Å²) in [5, 5.41) is 0. The van der Waals surface area contributed by atoms with Gasteiger partial charge in [-0.3, -0.25) is 9.59 Å². The van der Waals surface area contributed by atoms with Crippen LogP contribution in [0.15, 0.2) is 18.2 Å². The van der Waals surface area contributed by atoms with Crippen LogP contribution in [0.5, 0.6) is 0 Å². The summed E-state index contributed by atoms with van der Waals surface area (Å²) in [6.07, 6.45) is 1.56. The molecule has 0 saturated carbocycles. The summed E-state index contributed by atoms with van der Waals surface area (Å²) < 4.78 is 13.6. The fraction of sp³-hybridized carbons (Fsp3) is 0.385. The van der Waals surface area contributed by atoms with E-state index in [2.05, 4.69) is 0 Å². The number of halogens is 1. The van der Waals surface area contributed by atoms with Gasteiger partial charge in [-0.15, -0.1) is 0 Å². The van der Waals surface area contributed by atoms with E-state index < -0.39 is 17.6 Å². The first-order valence-electron chi connectivity index (χ1n) is 6.08. The van der Waals surface area contributed by atoms with Gasteiger partial charge in [-0.05, 0) is 24.6 Å². The maximum absolute atomic E-state index is 13.6. The average molecular weight is 267 g/mol. The number of unbranched alkanes of at least 4 members (excludes halogenated alkanes) is 1. The van der Waals surface area contributed by atoms with E-state index in [-0.39, 0.29) is 12.1 Å². The van der Waals surface area contributed by atoms with Crippen LogP contribution in [-0.4, -0.2) is 29.8 Å². The number of nitrogens with two attached hydrogens (primary N) is 2. The van der Waals surface area contributed by atoms with Gasteiger partial charge < -0.3 is 16.4 Å². The zero-order valence-corrected chi connectivity index (χ0v) is 10.9. The lowest BCUT2D eigenvalue weighted by Crippen LogP contribution is -2.39. The summed E-state index contributed by atoms with van der Waals surface area (Å²) in [6, 6.07) is 3.76. The Morgan fingerprint density at radius 1 is 1.37 bits per heavy atom. The van der Waals surface area contributed by atoms with Crippen molar-refractivity contribution in [3.63, 3.8) is 0 Å². The van der Waals surface area contributed by atoms with E-state index in [9.17, 15) is 14.0 Å². The van der Waals surface area contributed by atoms with E-state index in [1.54, 1.807) is 0 Å². The summed E-state index contributed by atoms with van der Waals surface area (Å²) in [7, 11) is 0. The standard InChI is InChI=1S/C13H18FN3O2/c1-2-3-6-17(8-12(16)18)13(19)10-7-9(15)4-5-11(10)14/h4-5,7H,2-3,6,8,15H2,1H3,(H2,16,18). The SMILES string of the molecule is CCCCN(CC(N)=O)C(=O)c1cc(N)ccc1F. The van der Waals surface area contributed by atoms with Crippen molar-refractivity contribution in [3.05, 3.63) is 29.6 Å². The van der Waals surface area contributed by atoms with Gasteiger partial charge in [0.1, 0.15) is 5.82 Å². The van der Waals surface area contributed by atoms with Crippen LogP contribution in [0.3, 0.4) is 0 Å². The quantitative estimate of drug-likeness (QED) is 0.757. The fourth-order valence-corrected chi connectivity index (χ4v) is 1.67. The zero-order chi connectivity index (χ0) is 14.4. The van der Waals surface area contributed by atoms with Gasteiger partial charge in [-0.2, -0.15) is 0 Å². The van der Waals surface area contributed by atoms with Gasteiger partial charge in [0.25, 0.3) is 5.91 Å². The number of hydrogen-bond donors (Lipinski definition) is 2. The average Bonchev–Trinajstić information content (AvgIpc) is 2.36. The van der Waals surface area contributed by atoms with Crippen molar-refractivity contribution in [3.8, 4) is 0 Å². The van der Waals surface area contributed by atoms with Crippen molar-refractivity contribution in [1.82, 2.24) is 4.90 Å². The van der Waals surface area contributed by atoms with E-state index in [0.717, 1.165) is 12.5 Å². The molecule has 0 atom stereocenters. The molecule has 0 saturated heterocycles. The lowest BCUT2D eigenvalue weighted by Gasteiger charge is -2.21. The minimum absolute atomic E-state index is 0.141. The maximum atomic E-state index is 13.6. The van der Waals surface area contributed by atoms with E-state index >= 15 is 0 Å². The van der Waals surface area contributed by atoms with E-state index in [1.165, 1.54) is 17.0 Å². The van der Waals surface area contributed by atoms with E-state index in [4.69, 9.17) is 11.5 Å². The molecule has 0 spiro atoms. The molecule has 0 aliphatic carbocycles. The van der Waals surface area contributed by atoms with Crippen molar-refractivity contribution in [2.75, 3.05) is 18.8 Å². The molecule has 0 aromatic heterocycles. The van der Waals surface area contributed by atoms with E-state index in [1.807, 2.05) is 6.92 Å². The molecule has 1 rings (SSSR count). The molecule has 4 N–H and O–H groups in total. The second kappa shape index (κ2) is 6.72. The number of hydrogen-bond acceptors (Lipinski definition) is 3. The van der Waals surface area contributed by atoms with Crippen molar-refractivity contribution < 1.29 is 14.0 Å². The molecular formula is C13H18FN3O2. The van der Waals surface area contributed by atoms with Crippen molar-refractivity contribution in [2.24, 2.45) is 5.73 Å². The third-order valence-electron chi connectivity index (χ3n) is 2.64. The summed E-state index contributed by atoms with van der Waals surface area (Å²) >= 11 is 0. The molecule has 0 fully saturated rings. The Morgan fingerprint density at radius 3 is 2.63 bits per heavy atom. The van der Waals surface area contributed by atoms with Crippen LogP contribution in [0, 0.1) is 5.82 Å². The fourth-order valence-electron chi connectivity index (χ4n) is 1.67. The lowest BCUT2D eigenvalue weighted by molar-refractivity contribution is -0.118. The molecule has 0 bridgehead atoms. The molecule has 5 nitrogen and oxygen atoms in total. The third kappa shape index (κ3) is 4.24. The third-order valence-corrected chi connectivity index (χ3v) is 2.64. The molecule has 0 heterocycles. The number of primary amides is 1. The summed E-state index contributed by atoms with van der Waals surface area (Å²) in [6.45, 7) is 2.08. The number of carbonyl (C=O) groups is 2.